The van der Waals surface area contributed by atoms with E-state index >= 15 is 0 Å². The zero-order chi connectivity index (χ0) is 14.9. The SMILES string of the molecule is CN1CCN(c2nccc(/C(N)=N/O)c2Cl)CC1(C)C. The number of nitrogens with two attached hydrogens (primary N) is 1. The fourth-order valence-electron chi connectivity index (χ4n) is 2.33. The van der Waals surface area contributed by atoms with E-state index in [1.165, 1.54) is 0 Å². The largest absolute Gasteiger partial charge is 0.409 e. The zero-order valence-electron chi connectivity index (χ0n) is 12.0. The number of hydrogen-bond acceptors (Lipinski definition) is 5. The third-order valence-electron chi connectivity index (χ3n) is 3.87. The maximum atomic E-state index is 8.80. The lowest BCUT2D eigenvalue weighted by molar-refractivity contribution is 0.138. The van der Waals surface area contributed by atoms with E-state index in [1.54, 1.807) is 12.3 Å². The van der Waals surface area contributed by atoms with Crippen LogP contribution in [-0.2, 0) is 0 Å². The highest BCUT2D eigenvalue weighted by molar-refractivity contribution is 6.36. The van der Waals surface area contributed by atoms with Crippen molar-refractivity contribution in [2.45, 2.75) is 19.4 Å². The predicted molar refractivity (Wildman–Crippen MR) is 80.7 cm³/mol. The van der Waals surface area contributed by atoms with Gasteiger partial charge >= 0.3 is 0 Å². The van der Waals surface area contributed by atoms with Gasteiger partial charge in [0.1, 0.15) is 5.82 Å². The minimum Gasteiger partial charge on any atom is -0.409 e. The number of pyridine rings is 1. The van der Waals surface area contributed by atoms with Crippen LogP contribution in [0, 0.1) is 0 Å². The number of halogens is 1. The molecular weight excluding hydrogens is 278 g/mol. The third-order valence-corrected chi connectivity index (χ3v) is 4.24. The normalized spacial score (nSPS) is 20.2. The minimum atomic E-state index is -0.00737. The molecule has 20 heavy (non-hydrogen) atoms. The van der Waals surface area contributed by atoms with E-state index in [4.69, 9.17) is 22.5 Å². The van der Waals surface area contributed by atoms with Gasteiger partial charge in [-0.15, -0.1) is 0 Å². The van der Waals surface area contributed by atoms with Crippen molar-refractivity contribution in [3.8, 4) is 0 Å². The van der Waals surface area contributed by atoms with Crippen LogP contribution in [-0.4, -0.2) is 53.1 Å². The minimum absolute atomic E-state index is 0.00737. The molecular formula is C13H20ClN5O. The summed E-state index contributed by atoms with van der Waals surface area (Å²) >= 11 is 6.36. The van der Waals surface area contributed by atoms with Gasteiger partial charge in [-0.25, -0.2) is 4.98 Å². The topological polar surface area (TPSA) is 78.0 Å². The summed E-state index contributed by atoms with van der Waals surface area (Å²) < 4.78 is 0. The first kappa shape index (κ1) is 14.9. The molecule has 2 rings (SSSR count). The molecule has 2 heterocycles. The summed E-state index contributed by atoms with van der Waals surface area (Å²) in [4.78, 5) is 8.80. The van der Waals surface area contributed by atoms with E-state index in [0.717, 1.165) is 19.6 Å². The van der Waals surface area contributed by atoms with Crippen LogP contribution in [0.2, 0.25) is 5.02 Å². The van der Waals surface area contributed by atoms with Crippen LogP contribution in [0.25, 0.3) is 0 Å². The Kier molecular flexibility index (Phi) is 4.06. The molecule has 0 spiro atoms. The Bertz CT molecular complexity index is 531. The second kappa shape index (κ2) is 5.46. The number of rotatable bonds is 2. The molecule has 110 valence electrons. The predicted octanol–water partition coefficient (Wildman–Crippen LogP) is 1.36. The van der Waals surface area contributed by atoms with E-state index in [1.807, 2.05) is 0 Å². The van der Waals surface area contributed by atoms with Gasteiger partial charge < -0.3 is 15.8 Å². The lowest BCUT2D eigenvalue weighted by Gasteiger charge is -2.46. The molecule has 1 aliphatic heterocycles. The lowest BCUT2D eigenvalue weighted by Crippen LogP contribution is -2.58. The molecule has 0 saturated carbocycles. The van der Waals surface area contributed by atoms with Crippen LogP contribution < -0.4 is 10.6 Å². The fourth-order valence-corrected chi connectivity index (χ4v) is 2.65. The van der Waals surface area contributed by atoms with E-state index in [9.17, 15) is 0 Å². The van der Waals surface area contributed by atoms with E-state index in [0.29, 0.717) is 16.4 Å². The summed E-state index contributed by atoms with van der Waals surface area (Å²) in [6, 6.07) is 1.64. The van der Waals surface area contributed by atoms with Gasteiger partial charge in [-0.3, -0.25) is 4.90 Å². The summed E-state index contributed by atoms with van der Waals surface area (Å²) in [6.07, 6.45) is 1.62. The van der Waals surface area contributed by atoms with Gasteiger partial charge in [0, 0.05) is 36.9 Å². The van der Waals surface area contributed by atoms with Crippen molar-refractivity contribution in [1.82, 2.24) is 9.88 Å². The first-order chi connectivity index (χ1) is 9.36. The number of nitrogens with zero attached hydrogens (tertiary/aromatic N) is 4. The molecule has 7 heteroatoms. The molecule has 1 saturated heterocycles. The average molecular weight is 298 g/mol. The van der Waals surface area contributed by atoms with Crippen molar-refractivity contribution in [2.75, 3.05) is 31.6 Å². The first-order valence-corrected chi connectivity index (χ1v) is 6.83. The number of likely N-dealkylation sites (N-methyl/N-ethyl adjacent to an activating group) is 1. The van der Waals surface area contributed by atoms with Gasteiger partial charge in [-0.1, -0.05) is 16.8 Å². The number of hydrogen-bond donors (Lipinski definition) is 2. The van der Waals surface area contributed by atoms with E-state index in [-0.39, 0.29) is 11.4 Å². The maximum absolute atomic E-state index is 8.80. The molecule has 0 radical (unpaired) electrons. The van der Waals surface area contributed by atoms with Crippen LogP contribution in [0.4, 0.5) is 5.82 Å². The molecule has 1 aromatic rings. The number of oxime groups is 1. The van der Waals surface area contributed by atoms with Crippen molar-refractivity contribution in [3.05, 3.63) is 22.8 Å². The number of anilines is 1. The highest BCUT2D eigenvalue weighted by Crippen LogP contribution is 2.30. The molecule has 6 nitrogen and oxygen atoms in total. The zero-order valence-corrected chi connectivity index (χ0v) is 12.7. The standard InChI is InChI=1S/C13H20ClN5O/c1-13(2)8-19(7-6-18(13)3)12-10(14)9(4-5-16-12)11(15)17-20/h4-5,20H,6-8H2,1-3H3,(H2,15,17). The van der Waals surface area contributed by atoms with Crippen LogP contribution in [0.3, 0.4) is 0 Å². The molecule has 3 N–H and O–H groups in total. The van der Waals surface area contributed by atoms with E-state index < -0.39 is 0 Å². The van der Waals surface area contributed by atoms with Gasteiger partial charge in [0.05, 0.1) is 5.02 Å². The smallest absolute Gasteiger partial charge is 0.171 e. The molecule has 0 aliphatic carbocycles. The monoisotopic (exact) mass is 297 g/mol. The molecule has 1 aromatic heterocycles. The van der Waals surface area contributed by atoms with Gasteiger partial charge in [0.15, 0.2) is 5.84 Å². The van der Waals surface area contributed by atoms with Crippen molar-refractivity contribution >= 4 is 23.3 Å². The van der Waals surface area contributed by atoms with Gasteiger partial charge in [0.2, 0.25) is 0 Å². The maximum Gasteiger partial charge on any atom is 0.171 e. The van der Waals surface area contributed by atoms with Crippen LogP contribution in [0.5, 0.6) is 0 Å². The molecule has 1 aliphatic rings. The summed E-state index contributed by atoms with van der Waals surface area (Å²) in [5, 5.41) is 12.2. The van der Waals surface area contributed by atoms with Crippen LogP contribution >= 0.6 is 11.6 Å². The Morgan fingerprint density at radius 2 is 2.20 bits per heavy atom. The summed E-state index contributed by atoms with van der Waals surface area (Å²) in [5.74, 6) is 0.670. The number of piperazine rings is 1. The summed E-state index contributed by atoms with van der Waals surface area (Å²) in [7, 11) is 2.11. The van der Waals surface area contributed by atoms with Crippen molar-refractivity contribution in [2.24, 2.45) is 10.9 Å². The van der Waals surface area contributed by atoms with Gasteiger partial charge in [-0.05, 0) is 27.0 Å². The van der Waals surface area contributed by atoms with Crippen molar-refractivity contribution in [1.29, 1.82) is 0 Å². The number of aromatic nitrogens is 1. The van der Waals surface area contributed by atoms with Crippen molar-refractivity contribution < 1.29 is 5.21 Å². The van der Waals surface area contributed by atoms with Gasteiger partial charge in [0.25, 0.3) is 0 Å². The Labute approximate surface area is 123 Å². The molecule has 0 unspecified atom stereocenters. The Morgan fingerprint density at radius 1 is 1.50 bits per heavy atom. The van der Waals surface area contributed by atoms with Crippen LogP contribution in [0.15, 0.2) is 17.4 Å². The average Bonchev–Trinajstić information content (AvgIpc) is 2.41. The van der Waals surface area contributed by atoms with Gasteiger partial charge in [-0.2, -0.15) is 0 Å². The Hall–Kier alpha value is -1.53. The Balaban J connectivity index is 2.35. The molecule has 0 bridgehead atoms. The first-order valence-electron chi connectivity index (χ1n) is 6.45. The van der Waals surface area contributed by atoms with Crippen LogP contribution in [0.1, 0.15) is 19.4 Å². The quantitative estimate of drug-likeness (QED) is 0.373. The lowest BCUT2D eigenvalue weighted by atomic mass is 9.99. The summed E-state index contributed by atoms with van der Waals surface area (Å²) in [6.45, 7) is 6.95. The fraction of sp³-hybridized carbons (Fsp3) is 0.538. The Morgan fingerprint density at radius 3 is 2.80 bits per heavy atom. The molecule has 0 aromatic carbocycles. The number of amidine groups is 1. The van der Waals surface area contributed by atoms with E-state index in [2.05, 4.69) is 40.8 Å². The third kappa shape index (κ3) is 2.66. The molecule has 0 amide bonds. The van der Waals surface area contributed by atoms with Crippen molar-refractivity contribution in [3.63, 3.8) is 0 Å². The molecule has 1 fully saturated rings. The molecule has 0 atom stereocenters. The second-order valence-electron chi connectivity index (χ2n) is 5.64. The second-order valence-corrected chi connectivity index (χ2v) is 6.01. The highest BCUT2D eigenvalue weighted by atomic mass is 35.5. The highest BCUT2D eigenvalue weighted by Gasteiger charge is 2.32. The summed E-state index contributed by atoms with van der Waals surface area (Å²) in [5.41, 5.74) is 6.16.